The number of hydrogen-bond donors (Lipinski definition) is 1. The van der Waals surface area contributed by atoms with E-state index in [0.29, 0.717) is 12.2 Å². The Labute approximate surface area is 82.7 Å². The average Bonchev–Trinajstić information content (AvgIpc) is 2.70. The Hall–Kier alpha value is -1.09. The lowest BCUT2D eigenvalue weighted by Crippen LogP contribution is -2.25. The number of carbonyl (C=O) groups is 1. The zero-order chi connectivity index (χ0) is 9.97. The average molecular weight is 194 g/mol. The minimum absolute atomic E-state index is 0.167. The molecule has 3 nitrogen and oxygen atoms in total. The number of Topliss-reactive ketones (excluding diaryl/α,β-unsaturated/α-hetero) is 1. The number of hydrogen-bond acceptors (Lipinski definition) is 3. The van der Waals surface area contributed by atoms with E-state index in [0.717, 1.165) is 19.3 Å². The van der Waals surface area contributed by atoms with Crippen molar-refractivity contribution in [2.24, 2.45) is 5.92 Å². The highest BCUT2D eigenvalue weighted by Crippen LogP contribution is 2.32. The van der Waals surface area contributed by atoms with E-state index in [1.807, 2.05) is 0 Å². The number of ketones is 1. The molecule has 1 aromatic heterocycles. The lowest BCUT2D eigenvalue weighted by atomic mass is 9.83. The second-order valence-corrected chi connectivity index (χ2v) is 3.78. The highest BCUT2D eigenvalue weighted by molar-refractivity contribution is 5.82. The summed E-state index contributed by atoms with van der Waals surface area (Å²) in [5.41, 5.74) is 0. The van der Waals surface area contributed by atoms with Gasteiger partial charge in [0.05, 0.1) is 12.2 Å². The molecule has 0 radical (unpaired) electrons. The van der Waals surface area contributed by atoms with Gasteiger partial charge in [0.1, 0.15) is 17.6 Å². The number of furan rings is 1. The maximum absolute atomic E-state index is 11.5. The summed E-state index contributed by atoms with van der Waals surface area (Å²) in [5.74, 6) is 0.417. The van der Waals surface area contributed by atoms with Gasteiger partial charge in [0.15, 0.2) is 0 Å². The van der Waals surface area contributed by atoms with Crippen LogP contribution in [0.3, 0.4) is 0 Å². The Morgan fingerprint density at radius 3 is 3.00 bits per heavy atom. The van der Waals surface area contributed by atoms with Crippen LogP contribution >= 0.6 is 0 Å². The van der Waals surface area contributed by atoms with Gasteiger partial charge in [0.25, 0.3) is 0 Å². The van der Waals surface area contributed by atoms with E-state index in [1.54, 1.807) is 12.1 Å². The maximum Gasteiger partial charge on any atom is 0.139 e. The zero-order valence-electron chi connectivity index (χ0n) is 7.98. The van der Waals surface area contributed by atoms with Crippen molar-refractivity contribution in [3.63, 3.8) is 0 Å². The van der Waals surface area contributed by atoms with Gasteiger partial charge in [-0.15, -0.1) is 0 Å². The van der Waals surface area contributed by atoms with Gasteiger partial charge in [-0.05, 0) is 25.0 Å². The van der Waals surface area contributed by atoms with Gasteiger partial charge in [-0.25, -0.2) is 0 Å². The fraction of sp³-hybridized carbons (Fsp3) is 0.545. The Morgan fingerprint density at radius 1 is 1.50 bits per heavy atom. The number of aliphatic hydroxyl groups is 1. The molecule has 1 unspecified atom stereocenters. The van der Waals surface area contributed by atoms with Crippen molar-refractivity contribution in [2.45, 2.75) is 31.8 Å². The van der Waals surface area contributed by atoms with Crippen LogP contribution in [0.4, 0.5) is 0 Å². The van der Waals surface area contributed by atoms with Crippen molar-refractivity contribution in [1.82, 2.24) is 0 Å². The summed E-state index contributed by atoms with van der Waals surface area (Å²) in [5, 5.41) is 9.89. The number of carbonyl (C=O) groups excluding carboxylic acids is 1. The first-order valence-corrected chi connectivity index (χ1v) is 5.03. The van der Waals surface area contributed by atoms with Crippen LogP contribution < -0.4 is 0 Å². The first kappa shape index (κ1) is 9.46. The van der Waals surface area contributed by atoms with Gasteiger partial charge >= 0.3 is 0 Å². The van der Waals surface area contributed by atoms with Crippen LogP contribution in [0, 0.1) is 5.92 Å². The summed E-state index contributed by atoms with van der Waals surface area (Å²) >= 11 is 0. The van der Waals surface area contributed by atoms with Crippen molar-refractivity contribution in [2.75, 3.05) is 0 Å². The molecule has 0 aliphatic heterocycles. The van der Waals surface area contributed by atoms with Crippen molar-refractivity contribution >= 4 is 5.78 Å². The van der Waals surface area contributed by atoms with E-state index in [-0.39, 0.29) is 11.7 Å². The van der Waals surface area contributed by atoms with Gasteiger partial charge in [-0.3, -0.25) is 4.79 Å². The summed E-state index contributed by atoms with van der Waals surface area (Å²) in [7, 11) is 0. The second kappa shape index (κ2) is 3.96. The molecule has 0 bridgehead atoms. The van der Waals surface area contributed by atoms with Crippen LogP contribution in [0.1, 0.15) is 37.5 Å². The lowest BCUT2D eigenvalue weighted by Gasteiger charge is -2.23. The molecule has 1 N–H and O–H groups in total. The van der Waals surface area contributed by atoms with Gasteiger partial charge in [0.2, 0.25) is 0 Å². The third-order valence-electron chi connectivity index (χ3n) is 2.82. The molecule has 2 rings (SSSR count). The third-order valence-corrected chi connectivity index (χ3v) is 2.82. The molecule has 0 spiro atoms. The highest BCUT2D eigenvalue weighted by atomic mass is 16.4. The topological polar surface area (TPSA) is 50.4 Å². The highest BCUT2D eigenvalue weighted by Gasteiger charge is 2.31. The predicted molar refractivity (Wildman–Crippen MR) is 50.6 cm³/mol. The van der Waals surface area contributed by atoms with Gasteiger partial charge < -0.3 is 9.52 Å². The second-order valence-electron chi connectivity index (χ2n) is 3.78. The molecule has 1 heterocycles. The summed E-state index contributed by atoms with van der Waals surface area (Å²) in [6, 6.07) is 3.44. The molecule has 0 saturated heterocycles. The van der Waals surface area contributed by atoms with Crippen LogP contribution in [-0.2, 0) is 4.79 Å². The van der Waals surface area contributed by atoms with E-state index in [4.69, 9.17) is 4.42 Å². The number of aliphatic hydroxyl groups excluding tert-OH is 1. The largest absolute Gasteiger partial charge is 0.467 e. The molecule has 2 atom stereocenters. The summed E-state index contributed by atoms with van der Waals surface area (Å²) in [6.07, 6.45) is 4.13. The lowest BCUT2D eigenvalue weighted by molar-refractivity contribution is -0.129. The molecule has 1 fully saturated rings. The van der Waals surface area contributed by atoms with Gasteiger partial charge in [0, 0.05) is 6.42 Å². The van der Waals surface area contributed by atoms with E-state index < -0.39 is 6.10 Å². The Kier molecular flexibility index (Phi) is 2.68. The van der Waals surface area contributed by atoms with E-state index >= 15 is 0 Å². The summed E-state index contributed by atoms with van der Waals surface area (Å²) < 4.78 is 5.09. The van der Waals surface area contributed by atoms with Crippen molar-refractivity contribution in [3.8, 4) is 0 Å². The number of rotatable bonds is 2. The first-order valence-electron chi connectivity index (χ1n) is 5.03. The van der Waals surface area contributed by atoms with Crippen molar-refractivity contribution in [1.29, 1.82) is 0 Å². The molecule has 3 heteroatoms. The molecular weight excluding hydrogens is 180 g/mol. The summed E-state index contributed by atoms with van der Waals surface area (Å²) in [6.45, 7) is 0. The molecule has 0 aromatic carbocycles. The molecule has 76 valence electrons. The molecule has 0 amide bonds. The monoisotopic (exact) mass is 194 g/mol. The quantitative estimate of drug-likeness (QED) is 0.784. The smallest absolute Gasteiger partial charge is 0.139 e. The minimum atomic E-state index is -0.752. The molecule has 1 aliphatic carbocycles. The zero-order valence-corrected chi connectivity index (χ0v) is 7.98. The Morgan fingerprint density at radius 2 is 2.36 bits per heavy atom. The van der Waals surface area contributed by atoms with Crippen molar-refractivity contribution in [3.05, 3.63) is 24.2 Å². The van der Waals surface area contributed by atoms with Crippen molar-refractivity contribution < 1.29 is 14.3 Å². The SMILES string of the molecule is O=C1CCCC[C@H]1C(O)c1ccco1. The molecule has 1 saturated carbocycles. The standard InChI is InChI=1S/C11H14O3/c12-9-5-2-1-4-8(9)11(13)10-6-3-7-14-10/h3,6-8,11,13H,1-2,4-5H2/t8-,11?/m1/s1. The van der Waals surface area contributed by atoms with E-state index in [2.05, 4.69) is 0 Å². The summed E-state index contributed by atoms with van der Waals surface area (Å²) in [4.78, 5) is 11.5. The van der Waals surface area contributed by atoms with E-state index in [1.165, 1.54) is 6.26 Å². The first-order chi connectivity index (χ1) is 6.79. The normalized spacial score (nSPS) is 24.9. The van der Waals surface area contributed by atoms with Crippen LogP contribution in [0.25, 0.3) is 0 Å². The van der Waals surface area contributed by atoms with Crippen LogP contribution in [-0.4, -0.2) is 10.9 Å². The Balaban J connectivity index is 2.10. The predicted octanol–water partition coefficient (Wildman–Crippen LogP) is 2.07. The minimum Gasteiger partial charge on any atom is -0.467 e. The fourth-order valence-electron chi connectivity index (χ4n) is 2.00. The van der Waals surface area contributed by atoms with Gasteiger partial charge in [-0.1, -0.05) is 6.42 Å². The van der Waals surface area contributed by atoms with Crippen LogP contribution in [0.15, 0.2) is 22.8 Å². The molecule has 14 heavy (non-hydrogen) atoms. The molecular formula is C11H14O3. The van der Waals surface area contributed by atoms with E-state index in [9.17, 15) is 9.90 Å². The maximum atomic E-state index is 11.5. The van der Waals surface area contributed by atoms with Crippen LogP contribution in [0.5, 0.6) is 0 Å². The third kappa shape index (κ3) is 1.73. The molecule has 1 aromatic rings. The van der Waals surface area contributed by atoms with Gasteiger partial charge in [-0.2, -0.15) is 0 Å². The Bertz CT molecular complexity index is 302. The fourth-order valence-corrected chi connectivity index (χ4v) is 2.00. The molecule has 1 aliphatic rings. The van der Waals surface area contributed by atoms with Crippen LogP contribution in [0.2, 0.25) is 0 Å².